The predicted molar refractivity (Wildman–Crippen MR) is 115 cm³/mol. The number of fused-ring (bicyclic) bond motifs is 1. The molecule has 2 nitrogen and oxygen atoms in total. The molecule has 0 bridgehead atoms. The fourth-order valence-corrected chi connectivity index (χ4v) is 3.60. The number of carbonyl (C=O) groups excluding carboxylic acids is 1. The van der Waals surface area contributed by atoms with Gasteiger partial charge in [-0.15, -0.1) is 0 Å². The molecule has 0 atom stereocenters. The second-order valence-corrected chi connectivity index (χ2v) is 7.20. The Morgan fingerprint density at radius 3 is 2.29 bits per heavy atom. The van der Waals surface area contributed by atoms with Gasteiger partial charge in [0.1, 0.15) is 0 Å². The van der Waals surface area contributed by atoms with Gasteiger partial charge in [-0.3, -0.25) is 9.78 Å². The highest BCUT2D eigenvalue weighted by Crippen LogP contribution is 2.17. The lowest BCUT2D eigenvalue weighted by Crippen LogP contribution is -2.01. The molecule has 0 spiro atoms. The third-order valence-corrected chi connectivity index (χ3v) is 5.14. The first-order valence-corrected chi connectivity index (χ1v) is 9.70. The Bertz CT molecular complexity index is 1110. The van der Waals surface area contributed by atoms with Crippen molar-refractivity contribution in [3.05, 3.63) is 113 Å². The monoisotopic (exact) mass is 365 g/mol. The molecule has 0 saturated carbocycles. The number of hydrogen-bond donors (Lipinski definition) is 0. The topological polar surface area (TPSA) is 30.0 Å². The first kappa shape index (κ1) is 18.1. The molecule has 1 aromatic heterocycles. The van der Waals surface area contributed by atoms with E-state index >= 15 is 0 Å². The Labute approximate surface area is 165 Å². The molecular formula is C26H23NO. The second-order valence-electron chi connectivity index (χ2n) is 7.20. The van der Waals surface area contributed by atoms with E-state index in [9.17, 15) is 4.79 Å². The molecule has 0 aliphatic heterocycles. The molecule has 0 aliphatic rings. The molecule has 28 heavy (non-hydrogen) atoms. The second kappa shape index (κ2) is 8.18. The van der Waals surface area contributed by atoms with Crippen LogP contribution in [0.1, 0.15) is 39.7 Å². The lowest BCUT2D eigenvalue weighted by atomic mass is 9.97. The molecule has 0 fully saturated rings. The van der Waals surface area contributed by atoms with Gasteiger partial charge in [0.25, 0.3) is 0 Å². The molecule has 2 heteroatoms. The van der Waals surface area contributed by atoms with E-state index in [1.807, 2.05) is 30.3 Å². The summed E-state index contributed by atoms with van der Waals surface area (Å²) in [7, 11) is 0. The summed E-state index contributed by atoms with van der Waals surface area (Å²) in [6, 6.07) is 29.1. The fourth-order valence-electron chi connectivity index (χ4n) is 3.60. The van der Waals surface area contributed by atoms with Crippen molar-refractivity contribution in [1.29, 1.82) is 0 Å². The summed E-state index contributed by atoms with van der Waals surface area (Å²) in [6.45, 7) is 1.63. The van der Waals surface area contributed by atoms with Gasteiger partial charge in [-0.05, 0) is 48.6 Å². The first-order chi connectivity index (χ1) is 13.7. The Kier molecular flexibility index (Phi) is 5.29. The summed E-state index contributed by atoms with van der Waals surface area (Å²) in [5, 5.41) is 1.17. The van der Waals surface area contributed by atoms with Gasteiger partial charge >= 0.3 is 0 Å². The van der Waals surface area contributed by atoms with Crippen molar-refractivity contribution in [1.82, 2.24) is 4.98 Å². The summed E-state index contributed by atoms with van der Waals surface area (Å²) >= 11 is 0. The van der Waals surface area contributed by atoms with Crippen LogP contribution in [0.2, 0.25) is 0 Å². The number of pyridine rings is 1. The van der Waals surface area contributed by atoms with Crippen LogP contribution in [0.15, 0.2) is 84.9 Å². The quantitative estimate of drug-likeness (QED) is 0.403. The summed E-state index contributed by atoms with van der Waals surface area (Å²) in [4.78, 5) is 16.5. The number of aromatic nitrogens is 1. The summed E-state index contributed by atoms with van der Waals surface area (Å²) < 4.78 is 0. The minimum absolute atomic E-state index is 0.133. The van der Waals surface area contributed by atoms with Crippen LogP contribution < -0.4 is 0 Å². The van der Waals surface area contributed by atoms with Crippen molar-refractivity contribution in [2.45, 2.75) is 26.2 Å². The third-order valence-electron chi connectivity index (χ3n) is 5.14. The van der Waals surface area contributed by atoms with E-state index in [2.05, 4.69) is 54.6 Å². The molecule has 1 heterocycles. The van der Waals surface area contributed by atoms with Crippen molar-refractivity contribution >= 4 is 16.7 Å². The lowest BCUT2D eigenvalue weighted by Gasteiger charge is -2.08. The average molecular weight is 365 g/mol. The molecule has 0 unspecified atom stereocenters. The van der Waals surface area contributed by atoms with Crippen molar-refractivity contribution in [3.63, 3.8) is 0 Å². The van der Waals surface area contributed by atoms with Gasteiger partial charge in [-0.1, -0.05) is 72.8 Å². The molecule has 4 aromatic rings. The zero-order valence-electron chi connectivity index (χ0n) is 16.1. The number of para-hydroxylation sites is 1. The number of hydrogen-bond acceptors (Lipinski definition) is 2. The van der Waals surface area contributed by atoms with Gasteiger partial charge in [-0.2, -0.15) is 0 Å². The lowest BCUT2D eigenvalue weighted by molar-refractivity contribution is 0.101. The molecule has 0 N–H and O–H groups in total. The molecular weight excluding hydrogens is 342 g/mol. The van der Waals surface area contributed by atoms with Crippen molar-refractivity contribution in [3.8, 4) is 0 Å². The zero-order chi connectivity index (χ0) is 19.3. The Morgan fingerprint density at radius 2 is 1.46 bits per heavy atom. The maximum Gasteiger partial charge on any atom is 0.160 e. The SMILES string of the molecule is CC(=O)c1ccccc1CCc1ccc(Cc2ccc3ccccc3n2)cc1. The highest BCUT2D eigenvalue weighted by Gasteiger charge is 2.06. The van der Waals surface area contributed by atoms with E-state index in [0.717, 1.165) is 41.6 Å². The van der Waals surface area contributed by atoms with E-state index in [0.29, 0.717) is 0 Å². The molecule has 138 valence electrons. The maximum absolute atomic E-state index is 11.8. The molecule has 4 rings (SSSR count). The summed E-state index contributed by atoms with van der Waals surface area (Å²) in [5.74, 6) is 0.133. The van der Waals surface area contributed by atoms with Crippen LogP contribution in [-0.2, 0) is 19.3 Å². The first-order valence-electron chi connectivity index (χ1n) is 9.70. The summed E-state index contributed by atoms with van der Waals surface area (Å²) in [5.41, 5.74) is 6.63. The minimum atomic E-state index is 0.133. The van der Waals surface area contributed by atoms with Gasteiger partial charge in [0.05, 0.1) is 5.52 Å². The largest absolute Gasteiger partial charge is 0.295 e. The van der Waals surface area contributed by atoms with Gasteiger partial charge in [0.15, 0.2) is 5.78 Å². The third kappa shape index (κ3) is 4.17. The number of carbonyl (C=O) groups is 1. The number of rotatable bonds is 6. The minimum Gasteiger partial charge on any atom is -0.295 e. The predicted octanol–water partition coefficient (Wildman–Crippen LogP) is 5.81. The zero-order valence-corrected chi connectivity index (χ0v) is 16.1. The van der Waals surface area contributed by atoms with E-state index in [1.165, 1.54) is 16.5 Å². The van der Waals surface area contributed by atoms with Gasteiger partial charge in [0, 0.05) is 23.1 Å². The number of ketones is 1. The number of aryl methyl sites for hydroxylation is 2. The molecule has 0 saturated heterocycles. The van der Waals surface area contributed by atoms with Crippen LogP contribution in [0.25, 0.3) is 10.9 Å². The Balaban J connectivity index is 1.43. The Hall–Kier alpha value is -3.26. The van der Waals surface area contributed by atoms with Gasteiger partial charge in [-0.25, -0.2) is 0 Å². The molecule has 3 aromatic carbocycles. The fraction of sp³-hybridized carbons (Fsp3) is 0.154. The van der Waals surface area contributed by atoms with Crippen LogP contribution in [0, 0.1) is 0 Å². The van der Waals surface area contributed by atoms with E-state index < -0.39 is 0 Å². The van der Waals surface area contributed by atoms with Crippen molar-refractivity contribution in [2.24, 2.45) is 0 Å². The van der Waals surface area contributed by atoms with Crippen LogP contribution in [0.3, 0.4) is 0 Å². The number of benzene rings is 3. The highest BCUT2D eigenvalue weighted by atomic mass is 16.1. The van der Waals surface area contributed by atoms with E-state index in [1.54, 1.807) is 6.92 Å². The van der Waals surface area contributed by atoms with Gasteiger partial charge < -0.3 is 0 Å². The van der Waals surface area contributed by atoms with Crippen LogP contribution >= 0.6 is 0 Å². The summed E-state index contributed by atoms with van der Waals surface area (Å²) in [6.07, 6.45) is 2.64. The normalized spacial score (nSPS) is 10.9. The maximum atomic E-state index is 11.8. The van der Waals surface area contributed by atoms with E-state index in [4.69, 9.17) is 4.98 Å². The van der Waals surface area contributed by atoms with Crippen molar-refractivity contribution in [2.75, 3.05) is 0 Å². The van der Waals surface area contributed by atoms with Gasteiger partial charge in [0.2, 0.25) is 0 Å². The standard InChI is InChI=1S/C26H23NO/c1-19(28)25-8-4-2-6-22(25)15-14-20-10-12-21(13-11-20)18-24-17-16-23-7-3-5-9-26(23)27-24/h2-13,16-17H,14-15,18H2,1H3. The van der Waals surface area contributed by atoms with Crippen LogP contribution in [0.5, 0.6) is 0 Å². The highest BCUT2D eigenvalue weighted by molar-refractivity contribution is 5.95. The van der Waals surface area contributed by atoms with Crippen LogP contribution in [0.4, 0.5) is 0 Å². The number of nitrogens with zero attached hydrogens (tertiary/aromatic N) is 1. The van der Waals surface area contributed by atoms with Crippen molar-refractivity contribution < 1.29 is 4.79 Å². The Morgan fingerprint density at radius 1 is 0.750 bits per heavy atom. The van der Waals surface area contributed by atoms with E-state index in [-0.39, 0.29) is 5.78 Å². The molecule has 0 radical (unpaired) electrons. The molecule has 0 amide bonds. The smallest absolute Gasteiger partial charge is 0.160 e. The van der Waals surface area contributed by atoms with Crippen LogP contribution in [-0.4, -0.2) is 10.8 Å². The average Bonchev–Trinajstić information content (AvgIpc) is 2.73. The number of Topliss-reactive ketones (excluding diaryl/α,β-unsaturated/α-hetero) is 1. The molecule has 0 aliphatic carbocycles.